The van der Waals surface area contributed by atoms with Crippen LogP contribution in [0.1, 0.15) is 156 Å². The normalized spacial score (nSPS) is 14.3. The van der Waals surface area contributed by atoms with E-state index in [0.29, 0.717) is 31.4 Å². The predicted molar refractivity (Wildman–Crippen MR) is 289 cm³/mol. The third-order valence-corrected chi connectivity index (χ3v) is 12.5. The number of amides is 7. The Labute approximate surface area is 444 Å². The third kappa shape index (κ3) is 30.2. The van der Waals surface area contributed by atoms with Crippen LogP contribution in [0.3, 0.4) is 0 Å². The highest BCUT2D eigenvalue weighted by molar-refractivity contribution is 5.97. The van der Waals surface area contributed by atoms with Gasteiger partial charge in [0.2, 0.25) is 41.4 Å². The highest BCUT2D eigenvalue weighted by atomic mass is 16.3. The summed E-state index contributed by atoms with van der Waals surface area (Å²) in [5.74, 6) is -6.63. The van der Waals surface area contributed by atoms with Gasteiger partial charge in [0.25, 0.3) is 0 Å². The summed E-state index contributed by atoms with van der Waals surface area (Å²) in [4.78, 5) is 95.4. The van der Waals surface area contributed by atoms with Crippen molar-refractivity contribution in [3.05, 3.63) is 35.9 Å². The maximum Gasteiger partial charge on any atom is 0.245 e. The molecule has 23 nitrogen and oxygen atoms in total. The Morgan fingerprint density at radius 3 is 1.41 bits per heavy atom. The lowest BCUT2D eigenvalue weighted by molar-refractivity contribution is -0.137. The molecule has 0 aliphatic carbocycles. The molecule has 426 valence electrons. The standard InChI is InChI=1S/C52H93N13O10/c1-6-7-8-9-10-11-12-13-14-15-16-17-21-28-42(69)64-44(36(5)68)50(75)65-43(34(2)3)49(74)61-39(31-37-25-19-18-20-26-37)46(71)60-38(27-23-30-58-52(55)56)45(70)62-41(33-67)48(73)63-40(32-66)47(72)59-35(4)24-22-29-57-51(53)54/h18-20,25-26,34-36,38-41,43-44,66-68H,6-17,21-24,27-33H2,1-5H3,(H,59,72)(H,60,71)(H,61,74)(H,62,70)(H,63,73)(H,64,69)(H,65,75)(H4,53,54,57)(H4,55,56,58)/t35-,36-,38+,39+,40+,41+,43+,44+/m1/s1. The number of benzene rings is 1. The lowest BCUT2D eigenvalue weighted by atomic mass is 9.99. The monoisotopic (exact) mass is 1060 g/mol. The Bertz CT molecular complexity index is 1880. The zero-order valence-corrected chi connectivity index (χ0v) is 45.2. The number of unbranched alkanes of at least 4 members (excludes halogenated alkanes) is 12. The van der Waals surface area contributed by atoms with Crippen LogP contribution < -0.4 is 59.3 Å². The van der Waals surface area contributed by atoms with Gasteiger partial charge in [0, 0.05) is 32.0 Å². The maximum absolute atomic E-state index is 14.3. The third-order valence-electron chi connectivity index (χ3n) is 12.5. The minimum absolute atomic E-state index is 0.0802. The van der Waals surface area contributed by atoms with Crippen molar-refractivity contribution in [1.29, 1.82) is 10.8 Å². The zero-order valence-electron chi connectivity index (χ0n) is 45.2. The van der Waals surface area contributed by atoms with E-state index in [9.17, 15) is 48.9 Å². The molecule has 0 unspecified atom stereocenters. The van der Waals surface area contributed by atoms with Crippen molar-refractivity contribution in [2.45, 2.75) is 205 Å². The smallest absolute Gasteiger partial charge is 0.245 e. The van der Waals surface area contributed by atoms with E-state index >= 15 is 0 Å². The first-order valence-corrected chi connectivity index (χ1v) is 26.9. The number of rotatable bonds is 41. The number of hydrogen-bond acceptors (Lipinski definition) is 12. The van der Waals surface area contributed by atoms with Crippen molar-refractivity contribution >= 4 is 53.3 Å². The van der Waals surface area contributed by atoms with Gasteiger partial charge in [-0.25, -0.2) is 0 Å². The average Bonchev–Trinajstić information content (AvgIpc) is 3.36. The minimum atomic E-state index is -1.66. The molecule has 0 heterocycles. The Morgan fingerprint density at radius 1 is 0.507 bits per heavy atom. The average molecular weight is 1060 g/mol. The predicted octanol–water partition coefficient (Wildman–Crippen LogP) is 0.672. The van der Waals surface area contributed by atoms with Crippen molar-refractivity contribution in [3.8, 4) is 0 Å². The Kier molecular flexibility index (Phi) is 35.1. The van der Waals surface area contributed by atoms with Crippen LogP contribution in [0.25, 0.3) is 0 Å². The van der Waals surface area contributed by atoms with Crippen LogP contribution in [0.4, 0.5) is 0 Å². The van der Waals surface area contributed by atoms with Crippen LogP contribution in [0.5, 0.6) is 0 Å². The van der Waals surface area contributed by atoms with Gasteiger partial charge in [0.1, 0.15) is 36.3 Å². The first-order chi connectivity index (χ1) is 35.7. The maximum atomic E-state index is 14.3. The summed E-state index contributed by atoms with van der Waals surface area (Å²) in [7, 11) is 0. The molecule has 0 spiro atoms. The number of carbonyl (C=O) groups is 7. The second-order valence-electron chi connectivity index (χ2n) is 19.7. The summed E-state index contributed by atoms with van der Waals surface area (Å²) < 4.78 is 0. The molecular formula is C52H93N13O10. The van der Waals surface area contributed by atoms with Gasteiger partial charge in [-0.3, -0.25) is 44.4 Å². The minimum Gasteiger partial charge on any atom is -0.394 e. The molecule has 7 amide bonds. The summed E-state index contributed by atoms with van der Waals surface area (Å²) in [6.07, 6.45) is 14.7. The molecule has 0 aromatic heterocycles. The summed E-state index contributed by atoms with van der Waals surface area (Å²) in [6, 6.07) is -0.270. The van der Waals surface area contributed by atoms with Crippen molar-refractivity contribution < 1.29 is 48.9 Å². The SMILES string of the molecule is CCCCCCCCCCCCCCCC(=O)N[C@H](C(=O)N[C@H](C(=O)N[C@@H](Cc1ccccc1)C(=O)N[C@@H](CCCNC(=N)N)C(=O)N[C@@H](CO)C(=O)N[C@@H](CO)C(=O)N[C@H](C)CCCNC(=N)N)C(C)C)[C@@H](C)O. The molecular weight excluding hydrogens is 967 g/mol. The largest absolute Gasteiger partial charge is 0.394 e. The van der Waals surface area contributed by atoms with E-state index in [4.69, 9.17) is 22.3 Å². The van der Waals surface area contributed by atoms with Crippen molar-refractivity contribution in [2.75, 3.05) is 26.3 Å². The fourth-order valence-corrected chi connectivity index (χ4v) is 8.10. The molecule has 1 aromatic carbocycles. The molecule has 0 saturated heterocycles. The van der Waals surface area contributed by atoms with Crippen LogP contribution in [0.15, 0.2) is 30.3 Å². The number of aliphatic hydroxyl groups is 3. The van der Waals surface area contributed by atoms with E-state index in [2.05, 4.69) is 54.8 Å². The summed E-state index contributed by atoms with van der Waals surface area (Å²) in [5.41, 5.74) is 11.3. The molecule has 75 heavy (non-hydrogen) atoms. The van der Waals surface area contributed by atoms with E-state index in [-0.39, 0.29) is 44.1 Å². The Morgan fingerprint density at radius 2 is 0.933 bits per heavy atom. The second kappa shape index (κ2) is 39.4. The zero-order chi connectivity index (χ0) is 56.1. The van der Waals surface area contributed by atoms with Gasteiger partial charge >= 0.3 is 0 Å². The number of nitrogens with one attached hydrogen (secondary N) is 11. The summed E-state index contributed by atoms with van der Waals surface area (Å²) >= 11 is 0. The number of aliphatic hydroxyl groups excluding tert-OH is 3. The molecule has 0 fully saturated rings. The van der Waals surface area contributed by atoms with E-state index in [0.717, 1.165) is 25.7 Å². The molecule has 0 aliphatic heterocycles. The number of guanidine groups is 2. The number of hydrogen-bond donors (Lipinski definition) is 16. The van der Waals surface area contributed by atoms with Gasteiger partial charge in [-0.15, -0.1) is 0 Å². The molecule has 18 N–H and O–H groups in total. The van der Waals surface area contributed by atoms with Crippen LogP contribution in [0, 0.1) is 16.7 Å². The van der Waals surface area contributed by atoms with E-state index in [1.165, 1.54) is 58.3 Å². The van der Waals surface area contributed by atoms with E-state index in [1.54, 1.807) is 51.1 Å². The lowest BCUT2D eigenvalue weighted by Gasteiger charge is -2.29. The highest BCUT2D eigenvalue weighted by Crippen LogP contribution is 2.14. The van der Waals surface area contributed by atoms with Crippen LogP contribution in [-0.2, 0) is 40.0 Å². The molecule has 8 atom stereocenters. The Balaban J connectivity index is 3.13. The molecule has 1 aromatic rings. The molecule has 0 bridgehead atoms. The second-order valence-corrected chi connectivity index (χ2v) is 19.7. The van der Waals surface area contributed by atoms with E-state index in [1.807, 2.05) is 0 Å². The molecule has 23 heteroatoms. The van der Waals surface area contributed by atoms with Crippen molar-refractivity contribution in [1.82, 2.24) is 47.9 Å². The van der Waals surface area contributed by atoms with Crippen molar-refractivity contribution in [2.24, 2.45) is 17.4 Å². The van der Waals surface area contributed by atoms with Gasteiger partial charge in [-0.05, 0) is 57.4 Å². The van der Waals surface area contributed by atoms with Crippen LogP contribution >= 0.6 is 0 Å². The topological polar surface area (TPSA) is 388 Å². The first-order valence-electron chi connectivity index (χ1n) is 26.9. The van der Waals surface area contributed by atoms with Gasteiger partial charge < -0.3 is 74.6 Å². The quantitative estimate of drug-likeness (QED) is 0.0244. The van der Waals surface area contributed by atoms with Crippen LogP contribution in [0.2, 0.25) is 0 Å². The highest BCUT2D eigenvalue weighted by Gasteiger charge is 2.35. The lowest BCUT2D eigenvalue weighted by Crippen LogP contribution is -2.62. The van der Waals surface area contributed by atoms with Gasteiger partial charge in [0.05, 0.1) is 19.3 Å². The summed E-state index contributed by atoms with van der Waals surface area (Å²) in [5, 5.41) is 68.8. The molecule has 0 aliphatic rings. The molecule has 1 rings (SSSR count). The summed E-state index contributed by atoms with van der Waals surface area (Å²) in [6.45, 7) is 7.32. The Hall–Kier alpha value is -6.07. The van der Waals surface area contributed by atoms with Gasteiger partial charge in [0.15, 0.2) is 11.9 Å². The fraction of sp³-hybridized carbons (Fsp3) is 0.712. The number of carbonyl (C=O) groups excluding carboxylic acids is 7. The number of nitrogens with two attached hydrogens (primary N) is 2. The first kappa shape index (κ1) is 66.9. The van der Waals surface area contributed by atoms with Crippen LogP contribution in [-0.4, -0.2) is 143 Å². The fourth-order valence-electron chi connectivity index (χ4n) is 8.10. The molecule has 0 saturated carbocycles. The molecule has 0 radical (unpaired) electrons. The van der Waals surface area contributed by atoms with Gasteiger partial charge in [-0.2, -0.15) is 0 Å². The van der Waals surface area contributed by atoms with Crippen molar-refractivity contribution in [3.63, 3.8) is 0 Å². The van der Waals surface area contributed by atoms with E-state index < -0.39 is 109 Å². The van der Waals surface area contributed by atoms with Gasteiger partial charge in [-0.1, -0.05) is 128 Å².